The number of carboxylic acid groups (broad SMARTS) is 1. The van der Waals surface area contributed by atoms with E-state index in [1.165, 1.54) is 19.1 Å². The maximum absolute atomic E-state index is 14.0. The lowest BCUT2D eigenvalue weighted by Gasteiger charge is -2.18. The molecule has 1 heterocycles. The fourth-order valence-electron chi connectivity index (χ4n) is 3.43. The van der Waals surface area contributed by atoms with Crippen molar-refractivity contribution in [1.82, 2.24) is 10.2 Å². The molecule has 1 atom stereocenters. The highest BCUT2D eigenvalue weighted by Crippen LogP contribution is 2.42. The molecule has 3 aromatic carbocycles. The molecule has 4 rings (SSSR count). The minimum Gasteiger partial charge on any atom is -0.489 e. The number of nitrogens with zero attached hydrogens (tertiary/aromatic N) is 2. The van der Waals surface area contributed by atoms with Crippen LogP contribution in [0.5, 0.6) is 5.75 Å². The van der Waals surface area contributed by atoms with E-state index >= 15 is 0 Å². The van der Waals surface area contributed by atoms with Gasteiger partial charge in [0.2, 0.25) is 0 Å². The molecule has 0 aliphatic heterocycles. The third-order valence-electron chi connectivity index (χ3n) is 5.25. The van der Waals surface area contributed by atoms with Crippen molar-refractivity contribution in [2.24, 2.45) is 5.73 Å². The van der Waals surface area contributed by atoms with Crippen molar-refractivity contribution in [3.8, 4) is 16.3 Å². The van der Waals surface area contributed by atoms with E-state index in [-0.39, 0.29) is 26.9 Å². The van der Waals surface area contributed by atoms with Gasteiger partial charge in [-0.05, 0) is 42.8 Å². The Bertz CT molecular complexity index is 1390. The predicted molar refractivity (Wildman–Crippen MR) is 135 cm³/mol. The molecule has 0 radical (unpaired) electrons. The van der Waals surface area contributed by atoms with Crippen LogP contribution in [0, 0.1) is 0 Å². The first-order chi connectivity index (χ1) is 17.5. The van der Waals surface area contributed by atoms with Crippen molar-refractivity contribution >= 4 is 29.1 Å². The van der Waals surface area contributed by atoms with E-state index in [1.807, 2.05) is 30.3 Å². The van der Waals surface area contributed by atoms with Gasteiger partial charge in [-0.2, -0.15) is 13.2 Å². The summed E-state index contributed by atoms with van der Waals surface area (Å²) in [7, 11) is 0. The number of aliphatic carboxylic acids is 1. The van der Waals surface area contributed by atoms with Crippen molar-refractivity contribution in [3.05, 3.63) is 88.9 Å². The number of rotatable bonds is 9. The third-order valence-corrected chi connectivity index (χ3v) is 7.56. The molecule has 3 N–H and O–H groups in total. The molecule has 1 aromatic heterocycles. The lowest BCUT2D eigenvalue weighted by molar-refractivity contribution is -0.140. The zero-order chi connectivity index (χ0) is 26.6. The second kappa shape index (κ2) is 10.9. The average molecular weight is 546 g/mol. The molecule has 37 heavy (non-hydrogen) atoms. The summed E-state index contributed by atoms with van der Waals surface area (Å²) in [5.74, 6) is -0.566. The Morgan fingerprint density at radius 2 is 1.81 bits per heavy atom. The second-order valence-electron chi connectivity index (χ2n) is 8.46. The lowest BCUT2D eigenvalue weighted by Crippen LogP contribution is -2.35. The number of hydrogen-bond donors (Lipinski definition) is 2. The van der Waals surface area contributed by atoms with Crippen LogP contribution in [-0.2, 0) is 23.1 Å². The smallest absolute Gasteiger partial charge is 0.417 e. The molecule has 0 spiro atoms. The quantitative estimate of drug-likeness (QED) is 0.244. The van der Waals surface area contributed by atoms with Crippen LogP contribution >= 0.6 is 23.1 Å². The van der Waals surface area contributed by atoms with E-state index in [0.29, 0.717) is 17.3 Å². The number of halogens is 3. The van der Waals surface area contributed by atoms with Crippen molar-refractivity contribution < 1.29 is 27.8 Å². The fourth-order valence-corrected chi connectivity index (χ4v) is 5.32. The molecule has 0 saturated carbocycles. The van der Waals surface area contributed by atoms with E-state index in [0.717, 1.165) is 34.7 Å². The summed E-state index contributed by atoms with van der Waals surface area (Å²) in [6, 6.07) is 20.4. The fraction of sp³-hybridized carbons (Fsp3) is 0.192. The molecule has 0 aliphatic carbocycles. The monoisotopic (exact) mass is 545 g/mol. The number of carbonyl (C=O) groups is 1. The highest BCUT2D eigenvalue weighted by molar-refractivity contribution is 7.99. The van der Waals surface area contributed by atoms with Gasteiger partial charge in [0, 0.05) is 15.4 Å². The maximum atomic E-state index is 14.0. The molecule has 0 amide bonds. The Morgan fingerprint density at radius 3 is 2.51 bits per heavy atom. The highest BCUT2D eigenvalue weighted by Gasteiger charge is 2.35. The molecule has 0 aliphatic rings. The molecular weight excluding hydrogens is 523 g/mol. The summed E-state index contributed by atoms with van der Waals surface area (Å²) in [5, 5.41) is 17.4. The number of benzene rings is 3. The van der Waals surface area contributed by atoms with Gasteiger partial charge in [-0.3, -0.25) is 4.79 Å². The lowest BCUT2D eigenvalue weighted by atomic mass is 10.0. The minimum atomic E-state index is -4.61. The van der Waals surface area contributed by atoms with Crippen molar-refractivity contribution in [2.75, 3.05) is 0 Å². The number of carboxylic acids is 1. The van der Waals surface area contributed by atoms with E-state index in [2.05, 4.69) is 10.2 Å². The maximum Gasteiger partial charge on any atom is 0.417 e. The largest absolute Gasteiger partial charge is 0.489 e. The van der Waals surface area contributed by atoms with Crippen LogP contribution < -0.4 is 10.5 Å². The van der Waals surface area contributed by atoms with Gasteiger partial charge < -0.3 is 15.6 Å². The van der Waals surface area contributed by atoms with Gasteiger partial charge in [0.15, 0.2) is 0 Å². The highest BCUT2D eigenvalue weighted by atomic mass is 32.2. The van der Waals surface area contributed by atoms with Gasteiger partial charge in [-0.25, -0.2) is 0 Å². The van der Waals surface area contributed by atoms with Crippen molar-refractivity contribution in [3.63, 3.8) is 0 Å². The van der Waals surface area contributed by atoms with Gasteiger partial charge in [-0.15, -0.1) is 10.2 Å². The van der Waals surface area contributed by atoms with Crippen LogP contribution in [0.3, 0.4) is 0 Å². The van der Waals surface area contributed by atoms with Gasteiger partial charge >= 0.3 is 12.1 Å². The van der Waals surface area contributed by atoms with Gasteiger partial charge in [0.1, 0.15) is 22.4 Å². The van der Waals surface area contributed by atoms with E-state index in [9.17, 15) is 18.0 Å². The Morgan fingerprint density at radius 1 is 1.05 bits per heavy atom. The Kier molecular flexibility index (Phi) is 7.86. The Balaban J connectivity index is 1.57. The van der Waals surface area contributed by atoms with Gasteiger partial charge in [-0.1, -0.05) is 65.6 Å². The van der Waals surface area contributed by atoms with E-state index < -0.39 is 23.2 Å². The van der Waals surface area contributed by atoms with Crippen LogP contribution in [0.2, 0.25) is 0 Å². The molecular formula is C26H22F3N3O3S2. The molecule has 0 unspecified atom stereocenters. The van der Waals surface area contributed by atoms with Gasteiger partial charge in [0.05, 0.1) is 17.5 Å². The third kappa shape index (κ3) is 6.88. The Labute approximate surface area is 219 Å². The topological polar surface area (TPSA) is 98.3 Å². The summed E-state index contributed by atoms with van der Waals surface area (Å²) in [6.07, 6.45) is -5.00. The standard InChI is InChI=1S/C26H22F3N3O3S2/c1-25(30,14-22(33)34)24-32-31-23(37-24)17-10-11-21(20(12-17)26(27,28)29)36-19-9-5-8-18(13-19)35-15-16-6-3-2-4-7-16/h2-13H,14-15,30H2,1H3,(H,33,34)/t25-/m0/s1. The van der Waals surface area contributed by atoms with Crippen LogP contribution in [0.1, 0.15) is 29.5 Å². The number of hydrogen-bond acceptors (Lipinski definition) is 7. The zero-order valence-corrected chi connectivity index (χ0v) is 21.2. The zero-order valence-electron chi connectivity index (χ0n) is 19.5. The van der Waals surface area contributed by atoms with Crippen LogP contribution in [0.4, 0.5) is 13.2 Å². The first-order valence-corrected chi connectivity index (χ1v) is 12.7. The first-order valence-electron chi connectivity index (χ1n) is 11.0. The van der Waals surface area contributed by atoms with Crippen molar-refractivity contribution in [1.29, 1.82) is 0 Å². The number of alkyl halides is 3. The minimum absolute atomic E-state index is 0.0238. The summed E-state index contributed by atoms with van der Waals surface area (Å²) >= 11 is 1.95. The molecule has 192 valence electrons. The van der Waals surface area contributed by atoms with E-state index in [4.69, 9.17) is 15.6 Å². The number of ether oxygens (including phenoxy) is 1. The van der Waals surface area contributed by atoms with Crippen LogP contribution in [0.25, 0.3) is 10.6 Å². The number of nitrogens with two attached hydrogens (primary N) is 1. The molecule has 4 aromatic rings. The molecule has 0 bridgehead atoms. The summed E-state index contributed by atoms with van der Waals surface area (Å²) in [4.78, 5) is 11.7. The van der Waals surface area contributed by atoms with E-state index in [1.54, 1.807) is 24.3 Å². The number of aromatic nitrogens is 2. The van der Waals surface area contributed by atoms with Crippen LogP contribution in [0.15, 0.2) is 82.6 Å². The molecule has 6 nitrogen and oxygen atoms in total. The Hall–Kier alpha value is -3.41. The normalized spacial score (nSPS) is 13.2. The molecule has 0 fully saturated rings. The summed E-state index contributed by atoms with van der Waals surface area (Å²) in [6.45, 7) is 1.83. The summed E-state index contributed by atoms with van der Waals surface area (Å²) in [5.41, 5.74) is 5.12. The first kappa shape index (κ1) is 26.6. The molecule has 11 heteroatoms. The average Bonchev–Trinajstić information content (AvgIpc) is 3.34. The van der Waals surface area contributed by atoms with Crippen molar-refractivity contribution in [2.45, 2.75) is 41.5 Å². The van der Waals surface area contributed by atoms with Crippen LogP contribution in [-0.4, -0.2) is 21.3 Å². The predicted octanol–water partition coefficient (Wildman–Crippen LogP) is 6.60. The van der Waals surface area contributed by atoms with Gasteiger partial charge in [0.25, 0.3) is 0 Å². The SMILES string of the molecule is C[C@](N)(CC(=O)O)c1nnc(-c2ccc(Sc3cccc(OCc4ccccc4)c3)c(C(F)(F)F)c2)s1. The second-order valence-corrected chi connectivity index (χ2v) is 10.6. The molecule has 0 saturated heterocycles. The summed E-state index contributed by atoms with van der Waals surface area (Å²) < 4.78 is 47.9.